The largest absolute Gasteiger partial charge is 0.392 e. The molecular weight excluding hydrogens is 254 g/mol. The molecule has 108 valence electrons. The minimum Gasteiger partial charge on any atom is -0.392 e. The summed E-state index contributed by atoms with van der Waals surface area (Å²) < 4.78 is 0. The van der Waals surface area contributed by atoms with Crippen molar-refractivity contribution in [3.05, 3.63) is 46.3 Å². The molecule has 0 aromatic heterocycles. The number of hydrogen-bond donors (Lipinski definition) is 1. The summed E-state index contributed by atoms with van der Waals surface area (Å²) in [6, 6.07) is 8.66. The first-order valence-corrected chi connectivity index (χ1v) is 6.91. The van der Waals surface area contributed by atoms with Crippen LogP contribution in [0.15, 0.2) is 35.4 Å². The van der Waals surface area contributed by atoms with Crippen LogP contribution in [0.5, 0.6) is 0 Å². The topological polar surface area (TPSA) is 86.1 Å². The zero-order valence-electron chi connectivity index (χ0n) is 11.9. The third-order valence-electron chi connectivity index (χ3n) is 3.40. The SMILES string of the molecule is CCC[C@@H](C[C@H](O)[C@H](C)C(=O)c1ccccc1)N=[N+]=[N-]. The average Bonchev–Trinajstić information content (AvgIpc) is 2.47. The van der Waals surface area contributed by atoms with Gasteiger partial charge >= 0.3 is 0 Å². The van der Waals surface area contributed by atoms with Crippen LogP contribution in [0, 0.1) is 5.92 Å². The zero-order valence-corrected chi connectivity index (χ0v) is 11.9. The van der Waals surface area contributed by atoms with Crippen LogP contribution in [-0.2, 0) is 0 Å². The van der Waals surface area contributed by atoms with E-state index in [-0.39, 0.29) is 11.8 Å². The summed E-state index contributed by atoms with van der Waals surface area (Å²) in [7, 11) is 0. The van der Waals surface area contributed by atoms with Crippen LogP contribution >= 0.6 is 0 Å². The lowest BCUT2D eigenvalue weighted by Crippen LogP contribution is -2.29. The van der Waals surface area contributed by atoms with Gasteiger partial charge < -0.3 is 5.11 Å². The Kier molecular flexibility index (Phi) is 6.77. The van der Waals surface area contributed by atoms with Crippen LogP contribution in [0.3, 0.4) is 0 Å². The molecular formula is C15H21N3O2. The maximum Gasteiger partial charge on any atom is 0.168 e. The molecule has 0 bridgehead atoms. The predicted octanol–water partition coefficient (Wildman–Crippen LogP) is 3.74. The van der Waals surface area contributed by atoms with Crippen molar-refractivity contribution in [1.29, 1.82) is 0 Å². The van der Waals surface area contributed by atoms with Gasteiger partial charge in [0.1, 0.15) is 0 Å². The highest BCUT2D eigenvalue weighted by atomic mass is 16.3. The summed E-state index contributed by atoms with van der Waals surface area (Å²) in [4.78, 5) is 15.0. The second kappa shape index (κ2) is 8.35. The number of azide groups is 1. The number of aliphatic hydroxyl groups is 1. The molecule has 0 amide bonds. The molecule has 0 spiro atoms. The highest BCUT2D eigenvalue weighted by Crippen LogP contribution is 2.19. The van der Waals surface area contributed by atoms with E-state index in [0.717, 1.165) is 6.42 Å². The van der Waals surface area contributed by atoms with Gasteiger partial charge in [-0.05, 0) is 18.4 Å². The number of Topliss-reactive ketones (excluding diaryl/α,β-unsaturated/α-hetero) is 1. The molecule has 3 atom stereocenters. The molecule has 0 fully saturated rings. The van der Waals surface area contributed by atoms with Crippen molar-refractivity contribution >= 4 is 5.78 Å². The number of benzene rings is 1. The molecule has 1 N–H and O–H groups in total. The molecule has 0 unspecified atom stereocenters. The number of aliphatic hydroxyl groups excluding tert-OH is 1. The maximum absolute atomic E-state index is 12.2. The monoisotopic (exact) mass is 275 g/mol. The molecule has 0 aliphatic heterocycles. The van der Waals surface area contributed by atoms with Crippen LogP contribution < -0.4 is 0 Å². The van der Waals surface area contributed by atoms with Crippen molar-refractivity contribution in [1.82, 2.24) is 0 Å². The summed E-state index contributed by atoms with van der Waals surface area (Å²) in [6.45, 7) is 3.70. The number of ketones is 1. The van der Waals surface area contributed by atoms with Crippen molar-refractivity contribution in [2.24, 2.45) is 11.0 Å². The molecule has 0 radical (unpaired) electrons. The maximum atomic E-state index is 12.2. The smallest absolute Gasteiger partial charge is 0.168 e. The third kappa shape index (κ3) is 4.68. The molecule has 5 nitrogen and oxygen atoms in total. The first-order chi connectivity index (χ1) is 9.60. The fourth-order valence-corrected chi connectivity index (χ4v) is 2.15. The van der Waals surface area contributed by atoms with E-state index in [0.29, 0.717) is 18.4 Å². The van der Waals surface area contributed by atoms with Gasteiger partial charge in [0.05, 0.1) is 6.10 Å². The van der Waals surface area contributed by atoms with Crippen molar-refractivity contribution in [2.75, 3.05) is 0 Å². The predicted molar refractivity (Wildman–Crippen MR) is 78.4 cm³/mol. The Labute approximate surface area is 119 Å². The Morgan fingerprint density at radius 2 is 2.05 bits per heavy atom. The van der Waals surface area contributed by atoms with Gasteiger partial charge in [0.15, 0.2) is 5.78 Å². The highest BCUT2D eigenvalue weighted by molar-refractivity contribution is 5.97. The second-order valence-electron chi connectivity index (χ2n) is 4.97. The van der Waals surface area contributed by atoms with E-state index >= 15 is 0 Å². The molecule has 20 heavy (non-hydrogen) atoms. The van der Waals surface area contributed by atoms with Gasteiger partial charge in [0.25, 0.3) is 0 Å². The van der Waals surface area contributed by atoms with Gasteiger partial charge in [-0.2, -0.15) is 0 Å². The van der Waals surface area contributed by atoms with Crippen molar-refractivity contribution in [3.8, 4) is 0 Å². The minimum absolute atomic E-state index is 0.0886. The summed E-state index contributed by atoms with van der Waals surface area (Å²) >= 11 is 0. The fraction of sp³-hybridized carbons (Fsp3) is 0.533. The van der Waals surface area contributed by atoms with E-state index in [4.69, 9.17) is 5.53 Å². The number of hydrogen-bond acceptors (Lipinski definition) is 3. The number of rotatable bonds is 8. The number of carbonyl (C=O) groups excluding carboxylic acids is 1. The molecule has 5 heteroatoms. The van der Waals surface area contributed by atoms with E-state index in [2.05, 4.69) is 10.0 Å². The Morgan fingerprint density at radius 1 is 1.40 bits per heavy atom. The fourth-order valence-electron chi connectivity index (χ4n) is 2.15. The molecule has 0 saturated carbocycles. The van der Waals surface area contributed by atoms with E-state index in [1.165, 1.54) is 0 Å². The molecule has 0 aliphatic carbocycles. The molecule has 1 aromatic rings. The Morgan fingerprint density at radius 3 is 2.60 bits per heavy atom. The third-order valence-corrected chi connectivity index (χ3v) is 3.40. The molecule has 1 aromatic carbocycles. The van der Waals surface area contributed by atoms with Crippen LogP contribution in [0.2, 0.25) is 0 Å². The summed E-state index contributed by atoms with van der Waals surface area (Å²) in [6.07, 6.45) is 1.10. The number of nitrogens with zero attached hydrogens (tertiary/aromatic N) is 3. The minimum atomic E-state index is -0.801. The molecule has 0 heterocycles. The molecule has 0 aliphatic rings. The van der Waals surface area contributed by atoms with Crippen LogP contribution in [-0.4, -0.2) is 23.0 Å². The standard InChI is InChI=1S/C15H21N3O2/c1-3-7-13(17-18-16)10-14(19)11(2)15(20)12-8-5-4-6-9-12/h4-6,8-9,11,13-14,19H,3,7,10H2,1-2H3/t11-,13-,14-/m0/s1. The summed E-state index contributed by atoms with van der Waals surface area (Å²) in [5.74, 6) is -0.597. The average molecular weight is 275 g/mol. The highest BCUT2D eigenvalue weighted by Gasteiger charge is 2.25. The van der Waals surface area contributed by atoms with Gasteiger partial charge in [-0.15, -0.1) is 0 Å². The van der Waals surface area contributed by atoms with Gasteiger partial charge in [-0.1, -0.05) is 55.7 Å². The lowest BCUT2D eigenvalue weighted by Gasteiger charge is -2.20. The lowest BCUT2D eigenvalue weighted by molar-refractivity contribution is 0.0667. The van der Waals surface area contributed by atoms with Crippen LogP contribution in [0.4, 0.5) is 0 Å². The molecule has 0 saturated heterocycles. The van der Waals surface area contributed by atoms with Gasteiger partial charge in [-0.25, -0.2) is 0 Å². The van der Waals surface area contributed by atoms with Gasteiger partial charge in [-0.3, -0.25) is 4.79 Å². The van der Waals surface area contributed by atoms with Crippen molar-refractivity contribution in [2.45, 2.75) is 45.3 Å². The summed E-state index contributed by atoms with van der Waals surface area (Å²) in [5, 5.41) is 13.8. The second-order valence-corrected chi connectivity index (χ2v) is 4.97. The Balaban J connectivity index is 2.68. The Hall–Kier alpha value is -1.84. The van der Waals surface area contributed by atoms with E-state index in [1.807, 2.05) is 13.0 Å². The van der Waals surface area contributed by atoms with Crippen molar-refractivity contribution < 1.29 is 9.90 Å². The quantitative estimate of drug-likeness (QED) is 0.339. The lowest BCUT2D eigenvalue weighted by atomic mass is 9.90. The zero-order chi connectivity index (χ0) is 15.0. The summed E-state index contributed by atoms with van der Waals surface area (Å²) in [5.41, 5.74) is 9.10. The van der Waals surface area contributed by atoms with Crippen LogP contribution in [0.1, 0.15) is 43.5 Å². The van der Waals surface area contributed by atoms with Gasteiger partial charge in [0.2, 0.25) is 0 Å². The van der Waals surface area contributed by atoms with Gasteiger partial charge in [0, 0.05) is 22.4 Å². The van der Waals surface area contributed by atoms with Crippen molar-refractivity contribution in [3.63, 3.8) is 0 Å². The first-order valence-electron chi connectivity index (χ1n) is 6.91. The first kappa shape index (κ1) is 16.2. The van der Waals surface area contributed by atoms with Crippen LogP contribution in [0.25, 0.3) is 10.4 Å². The van der Waals surface area contributed by atoms with E-state index in [1.54, 1.807) is 31.2 Å². The normalized spacial score (nSPS) is 14.9. The molecule has 1 rings (SSSR count). The Bertz CT molecular complexity index is 469. The number of carbonyl (C=O) groups is 1. The van der Waals surface area contributed by atoms with E-state index in [9.17, 15) is 9.90 Å². The van der Waals surface area contributed by atoms with E-state index < -0.39 is 12.0 Å².